The number of aromatic nitrogens is 2. The van der Waals surface area contributed by atoms with E-state index in [1.54, 1.807) is 11.8 Å². The lowest BCUT2D eigenvalue weighted by Crippen LogP contribution is -2.42. The van der Waals surface area contributed by atoms with Crippen molar-refractivity contribution in [2.45, 2.75) is 17.0 Å². The number of ether oxygens (including phenoxy) is 1. The van der Waals surface area contributed by atoms with E-state index in [2.05, 4.69) is 10.2 Å². The van der Waals surface area contributed by atoms with Gasteiger partial charge in [0.25, 0.3) is 5.22 Å². The molecule has 3 aromatic rings. The Hall–Kier alpha value is -2.45. The van der Waals surface area contributed by atoms with Gasteiger partial charge < -0.3 is 9.15 Å². The molecule has 1 aliphatic heterocycles. The fourth-order valence-electron chi connectivity index (χ4n) is 3.09. The van der Waals surface area contributed by atoms with Crippen molar-refractivity contribution in [2.24, 2.45) is 0 Å². The average Bonchev–Trinajstić information content (AvgIpc) is 3.19. The molecule has 6 nitrogen and oxygen atoms in total. The first-order valence-corrected chi connectivity index (χ1v) is 11.2. The van der Waals surface area contributed by atoms with Gasteiger partial charge in [-0.1, -0.05) is 54.2 Å². The minimum atomic E-state index is -0.182. The summed E-state index contributed by atoms with van der Waals surface area (Å²) in [6, 6.07) is 17.4. The van der Waals surface area contributed by atoms with Gasteiger partial charge in [-0.25, -0.2) is 0 Å². The summed E-state index contributed by atoms with van der Waals surface area (Å²) >= 11 is 2.87. The fraction of sp³-hybridized carbons (Fsp3) is 0.250. The zero-order chi connectivity index (χ0) is 19.3. The maximum atomic E-state index is 13.2. The Balaban J connectivity index is 1.56. The Kier molecular flexibility index (Phi) is 5.87. The molecule has 8 heteroatoms. The number of hydrogen-bond acceptors (Lipinski definition) is 7. The largest absolute Gasteiger partial charge is 0.489 e. The molecule has 28 heavy (non-hydrogen) atoms. The van der Waals surface area contributed by atoms with Crippen molar-refractivity contribution < 1.29 is 13.9 Å². The number of para-hydroxylation sites is 2. The number of carbonyl (C=O) groups is 1. The predicted molar refractivity (Wildman–Crippen MR) is 111 cm³/mol. The highest BCUT2D eigenvalue weighted by Crippen LogP contribution is 2.39. The molecule has 0 spiro atoms. The summed E-state index contributed by atoms with van der Waals surface area (Å²) in [5.41, 5.74) is 1.82. The van der Waals surface area contributed by atoms with Crippen molar-refractivity contribution in [1.29, 1.82) is 0 Å². The van der Waals surface area contributed by atoms with Crippen LogP contribution in [0.4, 0.5) is 5.69 Å². The molecule has 2 heterocycles. The molecule has 1 aromatic heterocycles. The number of rotatable bonds is 6. The average molecular weight is 414 g/mol. The summed E-state index contributed by atoms with van der Waals surface area (Å²) in [4.78, 5) is 15.0. The van der Waals surface area contributed by atoms with Gasteiger partial charge in [0, 0.05) is 0 Å². The molecular weight excluding hydrogens is 394 g/mol. The van der Waals surface area contributed by atoms with E-state index < -0.39 is 0 Å². The number of benzene rings is 2. The summed E-state index contributed by atoms with van der Waals surface area (Å²) in [6.45, 7) is 0.413. The first-order chi connectivity index (χ1) is 13.8. The first-order valence-electron chi connectivity index (χ1n) is 8.79. The van der Waals surface area contributed by atoms with Crippen LogP contribution in [0, 0.1) is 0 Å². The van der Waals surface area contributed by atoms with E-state index in [1.165, 1.54) is 11.8 Å². The number of carbonyl (C=O) groups excluding carboxylic acids is 1. The summed E-state index contributed by atoms with van der Waals surface area (Å²) in [5.74, 6) is 2.13. The van der Waals surface area contributed by atoms with Crippen LogP contribution >= 0.6 is 23.5 Å². The predicted octanol–water partition coefficient (Wildman–Crippen LogP) is 4.19. The number of nitrogens with zero attached hydrogens (tertiary/aromatic N) is 3. The lowest BCUT2D eigenvalue weighted by molar-refractivity contribution is -0.117. The van der Waals surface area contributed by atoms with Gasteiger partial charge in [0.05, 0.1) is 23.2 Å². The Morgan fingerprint density at radius 1 is 1.14 bits per heavy atom. The van der Waals surface area contributed by atoms with Gasteiger partial charge >= 0.3 is 0 Å². The number of amides is 1. The molecule has 0 saturated carbocycles. The number of hydrogen-bond donors (Lipinski definition) is 0. The molecule has 0 fully saturated rings. The van der Waals surface area contributed by atoms with Gasteiger partial charge in [0.1, 0.15) is 12.4 Å². The van der Waals surface area contributed by atoms with E-state index in [0.29, 0.717) is 29.2 Å². The second-order valence-electron chi connectivity index (χ2n) is 6.15. The second kappa shape index (κ2) is 8.70. The molecule has 1 aliphatic rings. The molecule has 0 radical (unpaired) electrons. The zero-order valence-corrected chi connectivity index (χ0v) is 16.9. The minimum Gasteiger partial charge on any atom is -0.489 e. The van der Waals surface area contributed by atoms with Crippen molar-refractivity contribution in [3.8, 4) is 5.75 Å². The highest BCUT2D eigenvalue weighted by atomic mass is 32.2. The standard InChI is InChI=1S/C20H19N3O3S2/c1-27-12-18-21-22-20(26-18)28-13-19(24)23-15-9-5-6-10-17(15)25-11-16(23)14-7-3-2-4-8-14/h2-10,16H,11-13H2,1H3. The maximum absolute atomic E-state index is 13.2. The van der Waals surface area contributed by atoms with Gasteiger partial charge in [-0.15, -0.1) is 10.2 Å². The highest BCUT2D eigenvalue weighted by molar-refractivity contribution is 7.99. The third-order valence-electron chi connectivity index (χ3n) is 4.32. The normalized spacial score (nSPS) is 15.8. The monoisotopic (exact) mass is 413 g/mol. The quantitative estimate of drug-likeness (QED) is 0.561. The van der Waals surface area contributed by atoms with E-state index in [0.717, 1.165) is 11.3 Å². The van der Waals surface area contributed by atoms with Crippen LogP contribution in [0.25, 0.3) is 0 Å². The third kappa shape index (κ3) is 4.02. The van der Waals surface area contributed by atoms with E-state index in [4.69, 9.17) is 9.15 Å². The Bertz CT molecular complexity index is 949. The second-order valence-corrected chi connectivity index (χ2v) is 7.94. The summed E-state index contributed by atoms with van der Waals surface area (Å²) in [5, 5.41) is 8.41. The van der Waals surface area contributed by atoms with Gasteiger partial charge in [-0.3, -0.25) is 9.69 Å². The van der Waals surface area contributed by atoms with Gasteiger partial charge in [-0.05, 0) is 24.0 Å². The highest BCUT2D eigenvalue weighted by Gasteiger charge is 2.33. The lowest BCUT2D eigenvalue weighted by Gasteiger charge is -2.37. The summed E-state index contributed by atoms with van der Waals surface area (Å²) < 4.78 is 11.5. The number of anilines is 1. The molecule has 1 unspecified atom stereocenters. The first kappa shape index (κ1) is 18.9. The van der Waals surface area contributed by atoms with Crippen molar-refractivity contribution in [1.82, 2.24) is 10.2 Å². The summed E-state index contributed by atoms with van der Waals surface area (Å²) in [7, 11) is 0. The van der Waals surface area contributed by atoms with Crippen LogP contribution < -0.4 is 9.64 Å². The molecule has 2 aromatic carbocycles. The molecular formula is C20H19N3O3S2. The molecule has 4 rings (SSSR count). The van der Waals surface area contributed by atoms with Gasteiger partial charge in [0.15, 0.2) is 0 Å². The van der Waals surface area contributed by atoms with Crippen LogP contribution in [-0.2, 0) is 10.5 Å². The van der Waals surface area contributed by atoms with Crippen molar-refractivity contribution >= 4 is 35.1 Å². The number of fused-ring (bicyclic) bond motifs is 1. The molecule has 0 aliphatic carbocycles. The van der Waals surface area contributed by atoms with Crippen molar-refractivity contribution in [3.05, 3.63) is 66.1 Å². The molecule has 1 atom stereocenters. The van der Waals surface area contributed by atoms with Crippen molar-refractivity contribution in [3.63, 3.8) is 0 Å². The molecule has 144 valence electrons. The zero-order valence-electron chi connectivity index (χ0n) is 15.3. The topological polar surface area (TPSA) is 68.5 Å². The van der Waals surface area contributed by atoms with Gasteiger partial charge in [0.2, 0.25) is 11.8 Å². The van der Waals surface area contributed by atoms with E-state index in [-0.39, 0.29) is 17.7 Å². The Morgan fingerprint density at radius 2 is 1.93 bits per heavy atom. The Morgan fingerprint density at radius 3 is 2.75 bits per heavy atom. The van der Waals surface area contributed by atoms with Crippen LogP contribution in [-0.4, -0.2) is 34.7 Å². The molecule has 0 N–H and O–H groups in total. The third-order valence-corrected chi connectivity index (χ3v) is 5.66. The van der Waals surface area contributed by atoms with Crippen LogP contribution in [0.2, 0.25) is 0 Å². The van der Waals surface area contributed by atoms with Crippen LogP contribution in [0.1, 0.15) is 17.5 Å². The smallest absolute Gasteiger partial charge is 0.277 e. The Labute approximate surface area is 171 Å². The molecule has 0 saturated heterocycles. The maximum Gasteiger partial charge on any atom is 0.277 e. The fourth-order valence-corrected chi connectivity index (χ4v) is 4.09. The van der Waals surface area contributed by atoms with E-state index >= 15 is 0 Å². The SMILES string of the molecule is CSCc1nnc(SCC(=O)N2c3ccccc3OCC2c2ccccc2)o1. The molecule has 0 bridgehead atoms. The number of thioether (sulfide) groups is 2. The van der Waals surface area contributed by atoms with Crippen molar-refractivity contribution in [2.75, 3.05) is 23.5 Å². The molecule has 1 amide bonds. The van der Waals surface area contributed by atoms with E-state index in [9.17, 15) is 4.79 Å². The lowest BCUT2D eigenvalue weighted by atomic mass is 10.0. The van der Waals surface area contributed by atoms with E-state index in [1.807, 2.05) is 65.8 Å². The van der Waals surface area contributed by atoms with Crippen LogP contribution in [0.3, 0.4) is 0 Å². The summed E-state index contributed by atoms with van der Waals surface area (Å²) in [6.07, 6.45) is 1.97. The van der Waals surface area contributed by atoms with Crippen LogP contribution in [0.15, 0.2) is 64.2 Å². The minimum absolute atomic E-state index is 0.0285. The van der Waals surface area contributed by atoms with Crippen LogP contribution in [0.5, 0.6) is 5.75 Å². The van der Waals surface area contributed by atoms with Gasteiger partial charge in [-0.2, -0.15) is 11.8 Å².